The number of nitrogens with zero attached hydrogens (tertiary/aromatic N) is 1. The average molecular weight is 402 g/mol. The number of anilines is 1. The summed E-state index contributed by atoms with van der Waals surface area (Å²) in [5.74, 6) is 0.0503. The van der Waals surface area contributed by atoms with Gasteiger partial charge in [0.2, 0.25) is 0 Å². The minimum atomic E-state index is -0.440. The molecular formula is C23H18N2O3S. The summed E-state index contributed by atoms with van der Waals surface area (Å²) >= 11 is 1.67. The topological polar surface area (TPSA) is 74.8 Å². The van der Waals surface area contributed by atoms with Gasteiger partial charge in [-0.15, -0.1) is 11.3 Å². The first-order chi connectivity index (χ1) is 14.1. The van der Waals surface area contributed by atoms with Crippen molar-refractivity contribution in [1.29, 1.82) is 0 Å². The first-order valence-corrected chi connectivity index (χ1v) is 10.2. The van der Waals surface area contributed by atoms with Crippen molar-refractivity contribution < 1.29 is 9.52 Å². The molecule has 1 aliphatic heterocycles. The van der Waals surface area contributed by atoms with Crippen molar-refractivity contribution in [3.05, 3.63) is 86.4 Å². The smallest absolute Gasteiger partial charge is 0.336 e. The predicted octanol–water partition coefficient (Wildman–Crippen LogP) is 5.55. The van der Waals surface area contributed by atoms with Crippen molar-refractivity contribution in [2.24, 2.45) is 4.99 Å². The number of rotatable bonds is 2. The highest BCUT2D eigenvalue weighted by Crippen LogP contribution is 2.39. The van der Waals surface area contributed by atoms with E-state index in [0.29, 0.717) is 23.3 Å². The molecule has 144 valence electrons. The Morgan fingerprint density at radius 1 is 1.17 bits per heavy atom. The summed E-state index contributed by atoms with van der Waals surface area (Å²) in [6.45, 7) is 1.86. The number of nitrogens with one attached hydrogen (secondary N) is 1. The Kier molecular flexibility index (Phi) is 4.21. The molecule has 0 unspecified atom stereocenters. The van der Waals surface area contributed by atoms with Crippen LogP contribution < -0.4 is 10.9 Å². The van der Waals surface area contributed by atoms with Crippen LogP contribution in [0.3, 0.4) is 0 Å². The molecule has 1 aliphatic rings. The number of aryl methyl sites for hydroxylation is 1. The van der Waals surface area contributed by atoms with E-state index < -0.39 is 5.63 Å². The molecule has 0 bridgehead atoms. The molecule has 2 N–H and O–H groups in total. The molecule has 2 aromatic carbocycles. The van der Waals surface area contributed by atoms with Gasteiger partial charge in [-0.05, 0) is 48.2 Å². The third kappa shape index (κ3) is 3.11. The van der Waals surface area contributed by atoms with E-state index in [0.717, 1.165) is 22.3 Å². The van der Waals surface area contributed by atoms with Crippen LogP contribution in [0.25, 0.3) is 11.0 Å². The van der Waals surface area contributed by atoms with Crippen LogP contribution in [-0.2, 0) is 0 Å². The molecule has 3 heterocycles. The van der Waals surface area contributed by atoms with E-state index in [-0.39, 0.29) is 11.8 Å². The number of fused-ring (bicyclic) bond motifs is 2. The summed E-state index contributed by atoms with van der Waals surface area (Å²) in [5.41, 5.74) is 3.61. The molecule has 0 spiro atoms. The summed E-state index contributed by atoms with van der Waals surface area (Å²) < 4.78 is 5.55. The molecule has 5 rings (SSSR count). The summed E-state index contributed by atoms with van der Waals surface area (Å²) in [6, 6.07) is 16.8. The third-order valence-corrected chi connectivity index (χ3v) is 6.15. The van der Waals surface area contributed by atoms with Crippen LogP contribution in [-0.4, -0.2) is 10.8 Å². The van der Waals surface area contributed by atoms with Crippen LogP contribution in [0.2, 0.25) is 0 Å². The second-order valence-corrected chi connectivity index (χ2v) is 8.06. The van der Waals surface area contributed by atoms with Gasteiger partial charge in [0.1, 0.15) is 5.75 Å². The zero-order valence-electron chi connectivity index (χ0n) is 15.7. The summed E-state index contributed by atoms with van der Waals surface area (Å²) in [6.07, 6.45) is 0.541. The molecule has 0 aliphatic carbocycles. The Morgan fingerprint density at radius 3 is 2.86 bits per heavy atom. The van der Waals surface area contributed by atoms with Gasteiger partial charge in [-0.2, -0.15) is 0 Å². The van der Waals surface area contributed by atoms with Crippen LogP contribution in [0.15, 0.2) is 74.2 Å². The van der Waals surface area contributed by atoms with Gasteiger partial charge >= 0.3 is 5.63 Å². The number of thiophene rings is 1. The maximum atomic E-state index is 12.1. The minimum Gasteiger partial charge on any atom is -0.507 e. The standard InChI is InChI=1S/C23H18N2O3S/c1-13-11-21(27)28-23-14(13)8-9-19(26)22(23)18-12-17(20-7-4-10-29-20)24-15-5-2-3-6-16(15)25-18/h2-11,17,24,26H,12H2,1H3/t17-/m0/s1. The van der Waals surface area contributed by atoms with Crippen molar-refractivity contribution in [2.45, 2.75) is 19.4 Å². The van der Waals surface area contributed by atoms with Gasteiger partial charge in [0.05, 0.1) is 28.7 Å². The van der Waals surface area contributed by atoms with Crippen LogP contribution in [0.1, 0.15) is 28.5 Å². The van der Waals surface area contributed by atoms with Crippen molar-refractivity contribution in [2.75, 3.05) is 5.32 Å². The lowest BCUT2D eigenvalue weighted by Crippen LogP contribution is -2.14. The van der Waals surface area contributed by atoms with E-state index in [1.807, 2.05) is 42.6 Å². The number of benzene rings is 2. The average Bonchev–Trinajstić information content (AvgIpc) is 3.16. The lowest BCUT2D eigenvalue weighted by atomic mass is 9.97. The third-order valence-electron chi connectivity index (χ3n) is 5.16. The number of para-hydroxylation sites is 2. The summed E-state index contributed by atoms with van der Waals surface area (Å²) in [7, 11) is 0. The molecule has 0 saturated carbocycles. The molecule has 2 aromatic heterocycles. The normalized spacial score (nSPS) is 16.0. The van der Waals surface area contributed by atoms with Crippen molar-refractivity contribution in [3.63, 3.8) is 0 Å². The number of aromatic hydroxyl groups is 1. The molecule has 4 aromatic rings. The van der Waals surface area contributed by atoms with Crippen molar-refractivity contribution >= 4 is 39.4 Å². The Labute approximate surface area is 171 Å². The molecule has 0 amide bonds. The lowest BCUT2D eigenvalue weighted by Gasteiger charge is -2.18. The van der Waals surface area contributed by atoms with Gasteiger partial charge in [-0.1, -0.05) is 18.2 Å². The van der Waals surface area contributed by atoms with E-state index >= 15 is 0 Å². The Balaban J connectivity index is 1.77. The number of hydrogen-bond donors (Lipinski definition) is 2. The Morgan fingerprint density at radius 2 is 2.03 bits per heavy atom. The fraction of sp³-hybridized carbons (Fsp3) is 0.130. The molecule has 29 heavy (non-hydrogen) atoms. The fourth-order valence-corrected chi connectivity index (χ4v) is 4.57. The van der Waals surface area contributed by atoms with E-state index in [2.05, 4.69) is 11.4 Å². The molecule has 0 fully saturated rings. The van der Waals surface area contributed by atoms with Gasteiger partial charge < -0.3 is 14.8 Å². The SMILES string of the molecule is Cc1cc(=O)oc2c(C3=Nc4ccccc4N[C@H](c4cccs4)C3)c(O)ccc12. The highest BCUT2D eigenvalue weighted by atomic mass is 32.1. The number of hydrogen-bond acceptors (Lipinski definition) is 6. The largest absolute Gasteiger partial charge is 0.507 e. The highest BCUT2D eigenvalue weighted by molar-refractivity contribution is 7.10. The monoisotopic (exact) mass is 402 g/mol. The van der Waals surface area contributed by atoms with Gasteiger partial charge in [0.15, 0.2) is 5.58 Å². The quantitative estimate of drug-likeness (QED) is 0.431. The van der Waals surface area contributed by atoms with Gasteiger partial charge in [-0.3, -0.25) is 4.99 Å². The Hall–Kier alpha value is -3.38. The van der Waals surface area contributed by atoms with Gasteiger partial charge in [-0.25, -0.2) is 4.79 Å². The zero-order chi connectivity index (χ0) is 20.0. The maximum absolute atomic E-state index is 12.1. The second kappa shape index (κ2) is 6.90. The van der Waals surface area contributed by atoms with E-state index in [4.69, 9.17) is 9.41 Å². The number of phenols is 1. The molecule has 6 heteroatoms. The first-order valence-electron chi connectivity index (χ1n) is 9.33. The first kappa shape index (κ1) is 17.7. The molecule has 5 nitrogen and oxygen atoms in total. The van der Waals surface area contributed by atoms with Crippen molar-refractivity contribution in [3.8, 4) is 5.75 Å². The van der Waals surface area contributed by atoms with Crippen LogP contribution in [0.5, 0.6) is 5.75 Å². The van der Waals surface area contributed by atoms with Gasteiger partial charge in [0, 0.05) is 22.8 Å². The minimum absolute atomic E-state index is 0.0106. The Bertz CT molecular complexity index is 1310. The zero-order valence-corrected chi connectivity index (χ0v) is 16.5. The second-order valence-electron chi connectivity index (χ2n) is 7.08. The van der Waals surface area contributed by atoms with Gasteiger partial charge in [0.25, 0.3) is 0 Å². The van der Waals surface area contributed by atoms with Crippen LogP contribution in [0, 0.1) is 6.92 Å². The van der Waals surface area contributed by atoms with Crippen LogP contribution in [0.4, 0.5) is 11.4 Å². The predicted molar refractivity (Wildman–Crippen MR) is 117 cm³/mol. The van der Waals surface area contributed by atoms with E-state index in [9.17, 15) is 9.90 Å². The molecular weight excluding hydrogens is 384 g/mol. The lowest BCUT2D eigenvalue weighted by molar-refractivity contribution is 0.471. The molecule has 0 saturated heterocycles. The molecule has 1 atom stereocenters. The van der Waals surface area contributed by atoms with Crippen molar-refractivity contribution in [1.82, 2.24) is 0 Å². The van der Waals surface area contributed by atoms with E-state index in [1.165, 1.54) is 10.9 Å². The highest BCUT2D eigenvalue weighted by Gasteiger charge is 2.25. The molecule has 0 radical (unpaired) electrons. The maximum Gasteiger partial charge on any atom is 0.336 e. The fourth-order valence-electron chi connectivity index (χ4n) is 3.79. The van der Waals surface area contributed by atoms with Crippen LogP contribution >= 0.6 is 11.3 Å². The number of aliphatic imine (C=N–C) groups is 1. The number of phenolic OH excluding ortho intramolecular Hbond substituents is 1. The summed E-state index contributed by atoms with van der Waals surface area (Å²) in [5, 5.41) is 17.1. The summed E-state index contributed by atoms with van der Waals surface area (Å²) in [4.78, 5) is 18.1. The van der Waals surface area contributed by atoms with E-state index in [1.54, 1.807) is 23.5 Å².